The van der Waals surface area contributed by atoms with E-state index in [0.29, 0.717) is 11.1 Å². The van der Waals surface area contributed by atoms with Crippen molar-refractivity contribution in [3.8, 4) is 0 Å². The highest BCUT2D eigenvalue weighted by molar-refractivity contribution is 7.80. The van der Waals surface area contributed by atoms with E-state index in [1.807, 2.05) is 0 Å². The molecule has 2 aromatic rings. The SMILES string of the molecule is N[C@@H](CCC(=O)N[C@@H](CS)C(=O)NCC(=O)O[C@H](c1ccccc1)[C@@H](O)c1ccccc1)C(=O)O. The van der Waals surface area contributed by atoms with Gasteiger partial charge >= 0.3 is 11.9 Å². The number of nitrogens with one attached hydrogen (secondary N) is 2. The molecule has 0 aliphatic heterocycles. The monoisotopic (exact) mass is 503 g/mol. The highest BCUT2D eigenvalue weighted by Crippen LogP contribution is 2.32. The lowest BCUT2D eigenvalue weighted by molar-refractivity contribution is -0.155. The second-order valence-corrected chi connectivity index (χ2v) is 8.05. The first-order chi connectivity index (χ1) is 16.7. The summed E-state index contributed by atoms with van der Waals surface area (Å²) in [5.74, 6) is -3.33. The van der Waals surface area contributed by atoms with Crippen LogP contribution in [0.15, 0.2) is 60.7 Å². The van der Waals surface area contributed by atoms with Crippen LogP contribution in [0.25, 0.3) is 0 Å². The standard InChI is InChI=1S/C24H29N3O7S/c25-17(24(32)33)11-12-19(28)27-18(14-35)23(31)26-13-20(29)34-22(16-9-5-2-6-10-16)21(30)15-7-3-1-4-8-15/h1-10,17-18,21-22,30,35H,11-14,25H2,(H,26,31)(H,27,28)(H,32,33)/t17-,18-,21-,22+/m0/s1. The van der Waals surface area contributed by atoms with Gasteiger partial charge in [0.25, 0.3) is 0 Å². The number of aliphatic hydroxyl groups excluding tert-OH is 1. The molecule has 0 aliphatic rings. The molecule has 0 fully saturated rings. The number of nitrogens with two attached hydrogens (primary N) is 1. The van der Waals surface area contributed by atoms with E-state index >= 15 is 0 Å². The molecule has 2 aromatic carbocycles. The van der Waals surface area contributed by atoms with Gasteiger partial charge in [-0.15, -0.1) is 0 Å². The molecule has 0 saturated carbocycles. The normalized spacial score (nSPS) is 14.1. The topological polar surface area (TPSA) is 168 Å². The maximum absolute atomic E-state index is 12.5. The molecule has 11 heteroatoms. The predicted octanol–water partition coefficient (Wildman–Crippen LogP) is 0.727. The van der Waals surface area contributed by atoms with E-state index in [0.717, 1.165) is 0 Å². The summed E-state index contributed by atoms with van der Waals surface area (Å²) in [6.07, 6.45) is -2.44. The van der Waals surface area contributed by atoms with E-state index in [9.17, 15) is 24.3 Å². The molecule has 10 nitrogen and oxygen atoms in total. The van der Waals surface area contributed by atoms with Gasteiger partial charge in [0.15, 0.2) is 6.10 Å². The minimum Gasteiger partial charge on any atom is -0.480 e. The number of carbonyl (C=O) groups excluding carboxylic acids is 3. The summed E-state index contributed by atoms with van der Waals surface area (Å²) in [7, 11) is 0. The first-order valence-corrected chi connectivity index (χ1v) is 11.5. The van der Waals surface area contributed by atoms with Crippen molar-refractivity contribution in [2.45, 2.75) is 37.1 Å². The fourth-order valence-electron chi connectivity index (χ4n) is 3.12. The molecule has 188 valence electrons. The molecule has 0 aliphatic carbocycles. The number of aliphatic hydroxyl groups is 1. The van der Waals surface area contributed by atoms with Gasteiger partial charge < -0.3 is 31.3 Å². The summed E-state index contributed by atoms with van der Waals surface area (Å²) in [5, 5.41) is 24.4. The zero-order valence-electron chi connectivity index (χ0n) is 18.9. The predicted molar refractivity (Wildman–Crippen MR) is 130 cm³/mol. The number of esters is 1. The molecule has 0 bridgehead atoms. The van der Waals surface area contributed by atoms with Crippen LogP contribution in [0.4, 0.5) is 0 Å². The first-order valence-electron chi connectivity index (χ1n) is 10.9. The second kappa shape index (κ2) is 14.1. The summed E-state index contributed by atoms with van der Waals surface area (Å²) in [6.45, 7) is -0.506. The average Bonchev–Trinajstić information content (AvgIpc) is 2.88. The minimum absolute atomic E-state index is 0.0586. The number of carboxylic acid groups (broad SMARTS) is 1. The van der Waals surface area contributed by atoms with Gasteiger partial charge in [-0.1, -0.05) is 60.7 Å². The van der Waals surface area contributed by atoms with Gasteiger partial charge in [0.05, 0.1) is 0 Å². The Balaban J connectivity index is 1.95. The van der Waals surface area contributed by atoms with Crippen LogP contribution in [0.1, 0.15) is 36.2 Å². The maximum Gasteiger partial charge on any atom is 0.326 e. The van der Waals surface area contributed by atoms with Crippen LogP contribution >= 0.6 is 12.6 Å². The number of amides is 2. The number of ether oxygens (including phenoxy) is 1. The molecule has 2 rings (SSSR count). The number of carbonyl (C=O) groups is 4. The highest BCUT2D eigenvalue weighted by atomic mass is 32.1. The fourth-order valence-corrected chi connectivity index (χ4v) is 3.38. The van der Waals surface area contributed by atoms with Crippen molar-refractivity contribution < 1.29 is 34.1 Å². The quantitative estimate of drug-likeness (QED) is 0.172. The molecule has 0 unspecified atom stereocenters. The Morgan fingerprint density at radius 1 is 0.971 bits per heavy atom. The van der Waals surface area contributed by atoms with Gasteiger partial charge in [0.1, 0.15) is 24.7 Å². The molecule has 0 radical (unpaired) electrons. The van der Waals surface area contributed by atoms with Crippen LogP contribution < -0.4 is 16.4 Å². The molecule has 0 aromatic heterocycles. The Kier molecular flexibility index (Phi) is 11.2. The van der Waals surface area contributed by atoms with Crippen LogP contribution in [-0.4, -0.2) is 58.3 Å². The molecule has 0 spiro atoms. The van der Waals surface area contributed by atoms with Gasteiger partial charge in [-0.25, -0.2) is 0 Å². The molecular weight excluding hydrogens is 474 g/mol. The summed E-state index contributed by atoms with van der Waals surface area (Å²) in [4.78, 5) is 47.7. The van der Waals surface area contributed by atoms with E-state index in [2.05, 4.69) is 23.3 Å². The zero-order chi connectivity index (χ0) is 25.8. The third-order valence-corrected chi connectivity index (χ3v) is 5.42. The minimum atomic E-state index is -1.23. The van der Waals surface area contributed by atoms with Crippen molar-refractivity contribution in [3.05, 3.63) is 71.8 Å². The summed E-state index contributed by atoms with van der Waals surface area (Å²) in [5.41, 5.74) is 6.49. The van der Waals surface area contributed by atoms with Crippen LogP contribution in [-0.2, 0) is 23.9 Å². The van der Waals surface area contributed by atoms with Crippen molar-refractivity contribution in [2.75, 3.05) is 12.3 Å². The summed E-state index contributed by atoms with van der Waals surface area (Å²) in [6, 6.07) is 15.2. The Labute approximate surface area is 208 Å². The van der Waals surface area contributed by atoms with Crippen LogP contribution in [0.2, 0.25) is 0 Å². The molecule has 35 heavy (non-hydrogen) atoms. The lowest BCUT2D eigenvalue weighted by Crippen LogP contribution is -2.49. The Hall–Kier alpha value is -3.41. The van der Waals surface area contributed by atoms with Crippen LogP contribution in [0, 0.1) is 0 Å². The molecule has 2 amide bonds. The third kappa shape index (κ3) is 9.04. The molecule has 0 saturated heterocycles. The molecule has 6 N–H and O–H groups in total. The number of hydrogen-bond donors (Lipinski definition) is 6. The maximum atomic E-state index is 12.5. The zero-order valence-corrected chi connectivity index (χ0v) is 19.8. The van der Waals surface area contributed by atoms with Gasteiger partial charge in [-0.05, 0) is 17.5 Å². The Morgan fingerprint density at radius 2 is 1.54 bits per heavy atom. The average molecular weight is 504 g/mol. The summed E-state index contributed by atoms with van der Waals surface area (Å²) >= 11 is 4.04. The van der Waals surface area contributed by atoms with E-state index in [1.165, 1.54) is 0 Å². The van der Waals surface area contributed by atoms with Crippen molar-refractivity contribution in [2.24, 2.45) is 5.73 Å². The first kappa shape index (κ1) is 27.8. The van der Waals surface area contributed by atoms with Crippen LogP contribution in [0.5, 0.6) is 0 Å². The number of benzene rings is 2. The molecular formula is C24H29N3O7S. The number of thiol groups is 1. The Morgan fingerprint density at radius 3 is 2.09 bits per heavy atom. The number of rotatable bonds is 13. The van der Waals surface area contributed by atoms with Crippen molar-refractivity contribution in [3.63, 3.8) is 0 Å². The highest BCUT2D eigenvalue weighted by Gasteiger charge is 2.27. The van der Waals surface area contributed by atoms with E-state index in [4.69, 9.17) is 15.6 Å². The van der Waals surface area contributed by atoms with Gasteiger partial charge in [-0.3, -0.25) is 19.2 Å². The number of hydrogen-bond acceptors (Lipinski definition) is 8. The second-order valence-electron chi connectivity index (χ2n) is 7.68. The third-order valence-electron chi connectivity index (χ3n) is 5.06. The lowest BCUT2D eigenvalue weighted by Gasteiger charge is -2.24. The number of carboxylic acids is 1. The van der Waals surface area contributed by atoms with Gasteiger partial charge in [0, 0.05) is 12.2 Å². The Bertz CT molecular complexity index is 991. The van der Waals surface area contributed by atoms with Gasteiger partial charge in [0.2, 0.25) is 11.8 Å². The number of aliphatic carboxylic acids is 1. The molecule has 0 heterocycles. The lowest BCUT2D eigenvalue weighted by atomic mass is 9.98. The van der Waals surface area contributed by atoms with Crippen LogP contribution in [0.3, 0.4) is 0 Å². The van der Waals surface area contributed by atoms with Crippen molar-refractivity contribution in [1.29, 1.82) is 0 Å². The van der Waals surface area contributed by atoms with Gasteiger partial charge in [-0.2, -0.15) is 12.6 Å². The van der Waals surface area contributed by atoms with Crippen molar-refractivity contribution in [1.82, 2.24) is 10.6 Å². The fraction of sp³-hybridized carbons (Fsp3) is 0.333. The summed E-state index contributed by atoms with van der Waals surface area (Å²) < 4.78 is 5.51. The molecule has 4 atom stereocenters. The smallest absolute Gasteiger partial charge is 0.326 e. The van der Waals surface area contributed by atoms with E-state index in [-0.39, 0.29) is 18.6 Å². The van der Waals surface area contributed by atoms with E-state index in [1.54, 1.807) is 60.7 Å². The van der Waals surface area contributed by atoms with E-state index < -0.39 is 54.6 Å². The largest absolute Gasteiger partial charge is 0.480 e. The van der Waals surface area contributed by atoms with Crippen molar-refractivity contribution >= 4 is 36.4 Å².